The van der Waals surface area contributed by atoms with E-state index in [1.54, 1.807) is 0 Å². The van der Waals surface area contributed by atoms with Gasteiger partial charge in [0, 0.05) is 5.41 Å². The van der Waals surface area contributed by atoms with Crippen molar-refractivity contribution in [3.63, 3.8) is 0 Å². The number of ether oxygens (including phenoxy) is 1. The van der Waals surface area contributed by atoms with Gasteiger partial charge in [-0.25, -0.2) is 0 Å². The third-order valence-corrected chi connectivity index (χ3v) is 5.49. The predicted octanol–water partition coefficient (Wildman–Crippen LogP) is 2.59. The van der Waals surface area contributed by atoms with E-state index in [1.165, 1.54) is 24.0 Å². The molecule has 0 amide bonds. The highest BCUT2D eigenvalue weighted by atomic mass is 16.5. The summed E-state index contributed by atoms with van der Waals surface area (Å²) in [5.41, 5.74) is 3.78. The lowest BCUT2D eigenvalue weighted by atomic mass is 9.63. The molecule has 3 unspecified atom stereocenters. The van der Waals surface area contributed by atoms with Crippen LogP contribution >= 0.6 is 0 Å². The van der Waals surface area contributed by atoms with Crippen molar-refractivity contribution in [2.45, 2.75) is 38.7 Å². The number of piperidine rings is 1. The summed E-state index contributed by atoms with van der Waals surface area (Å²) in [4.78, 5) is 0. The molecule has 3 heteroatoms. The van der Waals surface area contributed by atoms with Crippen molar-refractivity contribution in [1.82, 2.24) is 5.32 Å². The van der Waals surface area contributed by atoms with Crippen molar-refractivity contribution in [3.8, 4) is 0 Å². The fraction of sp³-hybridized carbons (Fsp3) is 0.667. The summed E-state index contributed by atoms with van der Waals surface area (Å²) < 4.78 is 6.15. The summed E-state index contributed by atoms with van der Waals surface area (Å²) in [6, 6.07) is 0. The van der Waals surface area contributed by atoms with Crippen LogP contribution in [-0.2, 0) is 4.74 Å². The van der Waals surface area contributed by atoms with Crippen LogP contribution in [0.2, 0.25) is 0 Å². The fourth-order valence-corrected chi connectivity index (χ4v) is 4.39. The molecule has 3 aliphatic rings. The Labute approximate surface area is 127 Å². The van der Waals surface area contributed by atoms with Gasteiger partial charge in [-0.15, -0.1) is 6.58 Å². The Bertz CT molecular complexity index is 474. The summed E-state index contributed by atoms with van der Waals surface area (Å²) >= 11 is 0. The molecule has 0 aromatic heterocycles. The minimum Gasteiger partial charge on any atom is -0.392 e. The van der Waals surface area contributed by atoms with Crippen molar-refractivity contribution >= 4 is 0 Å². The normalized spacial score (nSPS) is 36.4. The van der Waals surface area contributed by atoms with Crippen LogP contribution in [0.5, 0.6) is 0 Å². The summed E-state index contributed by atoms with van der Waals surface area (Å²) in [5, 5.41) is 13.4. The average molecular weight is 289 g/mol. The summed E-state index contributed by atoms with van der Waals surface area (Å²) in [7, 11) is 0. The molecule has 1 aliphatic carbocycles. The highest BCUT2D eigenvalue weighted by Gasteiger charge is 2.47. The highest BCUT2D eigenvalue weighted by Crippen LogP contribution is 2.50. The quantitative estimate of drug-likeness (QED) is 0.782. The largest absolute Gasteiger partial charge is 0.392 e. The van der Waals surface area contributed by atoms with E-state index < -0.39 is 0 Å². The summed E-state index contributed by atoms with van der Waals surface area (Å²) in [6.07, 6.45) is 8.74. The van der Waals surface area contributed by atoms with Crippen molar-refractivity contribution < 1.29 is 9.84 Å². The van der Waals surface area contributed by atoms with Gasteiger partial charge in [-0.2, -0.15) is 0 Å². The van der Waals surface area contributed by atoms with E-state index in [4.69, 9.17) is 4.74 Å². The van der Waals surface area contributed by atoms with Gasteiger partial charge in [0.05, 0.1) is 19.3 Å². The number of aliphatic hydroxyl groups excluding tert-OH is 1. The van der Waals surface area contributed by atoms with Crippen molar-refractivity contribution in [3.05, 3.63) is 35.5 Å². The molecule has 2 N–H and O–H groups in total. The molecule has 0 bridgehead atoms. The average Bonchev–Trinajstić information content (AvgIpc) is 3.01. The number of hydrogen-bond acceptors (Lipinski definition) is 3. The first-order chi connectivity index (χ1) is 10.2. The molecule has 2 fully saturated rings. The first-order valence-electron chi connectivity index (χ1n) is 8.18. The second kappa shape index (κ2) is 6.07. The van der Waals surface area contributed by atoms with E-state index in [-0.39, 0.29) is 18.1 Å². The van der Waals surface area contributed by atoms with E-state index in [2.05, 4.69) is 24.9 Å². The van der Waals surface area contributed by atoms with Crippen LogP contribution < -0.4 is 5.32 Å². The lowest BCUT2D eigenvalue weighted by Crippen LogP contribution is -2.47. The molecule has 0 aromatic rings. The smallest absolute Gasteiger partial charge is 0.0883 e. The maximum Gasteiger partial charge on any atom is 0.0883 e. The molecule has 0 radical (unpaired) electrons. The number of fused-ring (bicyclic) bond motifs is 1. The van der Waals surface area contributed by atoms with Crippen molar-refractivity contribution in [2.75, 3.05) is 26.3 Å². The van der Waals surface area contributed by atoms with Gasteiger partial charge in [-0.3, -0.25) is 0 Å². The highest BCUT2D eigenvalue weighted by molar-refractivity contribution is 5.46. The molecule has 0 aromatic carbocycles. The lowest BCUT2D eigenvalue weighted by Gasteiger charge is -2.45. The zero-order valence-electron chi connectivity index (χ0n) is 13.0. The van der Waals surface area contributed by atoms with Gasteiger partial charge in [0.2, 0.25) is 0 Å². The minimum atomic E-state index is 0.00197. The topological polar surface area (TPSA) is 41.5 Å². The maximum absolute atomic E-state index is 9.85. The lowest BCUT2D eigenvalue weighted by molar-refractivity contribution is 0.00873. The molecule has 3 nitrogen and oxygen atoms in total. The molecule has 116 valence electrons. The standard InChI is InChI=1S/C18H27NO2/c1-3-5-15-13(12-20)10-18(2,14-6-4-8-19-11-14)17-16(15)7-9-21-17/h3,10,14,17,19-20H,1,4-9,11-12H2,2H3. The fourth-order valence-electron chi connectivity index (χ4n) is 4.39. The SMILES string of the molecule is C=CCC1=C2CCOC2C(C)(C2CCCNC2)C=C1CO. The van der Waals surface area contributed by atoms with Crippen LogP contribution in [0.1, 0.15) is 32.6 Å². The van der Waals surface area contributed by atoms with Gasteiger partial charge < -0.3 is 15.2 Å². The van der Waals surface area contributed by atoms with Gasteiger partial charge in [0.1, 0.15) is 0 Å². The second-order valence-corrected chi connectivity index (χ2v) is 6.73. The van der Waals surface area contributed by atoms with Gasteiger partial charge >= 0.3 is 0 Å². The summed E-state index contributed by atoms with van der Waals surface area (Å²) in [5.74, 6) is 0.580. The van der Waals surface area contributed by atoms with Crippen LogP contribution in [0.15, 0.2) is 35.5 Å². The molecule has 3 atom stereocenters. The Morgan fingerprint density at radius 1 is 1.57 bits per heavy atom. The Hall–Kier alpha value is -0.900. The molecule has 3 rings (SSSR count). The molecule has 2 saturated heterocycles. The maximum atomic E-state index is 9.85. The van der Waals surface area contributed by atoms with Gasteiger partial charge in [-0.05, 0) is 61.4 Å². The van der Waals surface area contributed by atoms with Crippen LogP contribution in [0, 0.1) is 11.3 Å². The zero-order chi connectivity index (χ0) is 14.9. The molecule has 21 heavy (non-hydrogen) atoms. The first-order valence-corrected chi connectivity index (χ1v) is 8.18. The van der Waals surface area contributed by atoms with Gasteiger partial charge in [0.15, 0.2) is 0 Å². The Morgan fingerprint density at radius 2 is 2.43 bits per heavy atom. The first kappa shape index (κ1) is 15.0. The second-order valence-electron chi connectivity index (χ2n) is 6.73. The minimum absolute atomic E-state index is 0.00197. The third-order valence-electron chi connectivity index (χ3n) is 5.49. The van der Waals surface area contributed by atoms with Crippen LogP contribution in [-0.4, -0.2) is 37.5 Å². The van der Waals surface area contributed by atoms with E-state index in [0.29, 0.717) is 5.92 Å². The third kappa shape index (κ3) is 2.52. The molecular formula is C18H27NO2. The Kier molecular flexibility index (Phi) is 4.34. The van der Waals surface area contributed by atoms with Gasteiger partial charge in [0.25, 0.3) is 0 Å². The molecule has 0 saturated carbocycles. The Balaban J connectivity index is 1.99. The number of allylic oxidation sites excluding steroid dienone is 1. The molecular weight excluding hydrogens is 262 g/mol. The molecule has 0 spiro atoms. The Morgan fingerprint density at radius 3 is 3.10 bits per heavy atom. The summed E-state index contributed by atoms with van der Waals surface area (Å²) in [6.45, 7) is 9.29. The van der Waals surface area contributed by atoms with Crippen molar-refractivity contribution in [1.29, 1.82) is 0 Å². The van der Waals surface area contributed by atoms with Crippen molar-refractivity contribution in [2.24, 2.45) is 11.3 Å². The monoisotopic (exact) mass is 289 g/mol. The van der Waals surface area contributed by atoms with E-state index >= 15 is 0 Å². The molecule has 2 aliphatic heterocycles. The van der Waals surface area contributed by atoms with Gasteiger partial charge in [-0.1, -0.05) is 19.1 Å². The van der Waals surface area contributed by atoms with Crippen LogP contribution in [0.3, 0.4) is 0 Å². The van der Waals surface area contributed by atoms with E-state index in [1.807, 2.05) is 6.08 Å². The number of rotatable bonds is 4. The molecule has 2 heterocycles. The van der Waals surface area contributed by atoms with Crippen LogP contribution in [0.25, 0.3) is 0 Å². The van der Waals surface area contributed by atoms with Crippen LogP contribution in [0.4, 0.5) is 0 Å². The number of nitrogens with one attached hydrogen (secondary N) is 1. The number of aliphatic hydroxyl groups is 1. The predicted molar refractivity (Wildman–Crippen MR) is 85.1 cm³/mol. The number of hydrogen-bond donors (Lipinski definition) is 2. The zero-order valence-corrected chi connectivity index (χ0v) is 13.0. The van der Waals surface area contributed by atoms with E-state index in [9.17, 15) is 5.11 Å². The van der Waals surface area contributed by atoms with E-state index in [0.717, 1.165) is 38.1 Å².